The average molecular weight is 989 g/mol. The van der Waals surface area contributed by atoms with Gasteiger partial charge in [0.15, 0.2) is 0 Å². The van der Waals surface area contributed by atoms with Gasteiger partial charge in [0, 0.05) is 73.2 Å². The molecule has 0 aromatic heterocycles. The number of carbonyl (C=O) groups is 4. The zero-order valence-corrected chi connectivity index (χ0v) is 44.0. The largest absolute Gasteiger partial charge is 0.457 e. The summed E-state index contributed by atoms with van der Waals surface area (Å²) in [6.07, 6.45) is 2.00. The van der Waals surface area contributed by atoms with Crippen molar-refractivity contribution in [1.29, 1.82) is 0 Å². The highest BCUT2D eigenvalue weighted by atomic mass is 28.4. The van der Waals surface area contributed by atoms with E-state index in [2.05, 4.69) is 35.1 Å². The van der Waals surface area contributed by atoms with Crippen LogP contribution in [0.4, 0.5) is 0 Å². The zero-order valence-electron chi connectivity index (χ0n) is 42.0. The molecule has 69 heavy (non-hydrogen) atoms. The highest BCUT2D eigenvalue weighted by Gasteiger charge is 2.38. The van der Waals surface area contributed by atoms with Crippen molar-refractivity contribution < 1.29 is 55.8 Å². The minimum Gasteiger partial charge on any atom is -0.457 e. The Morgan fingerprint density at radius 3 is 1.12 bits per heavy atom. The number of hydrogen-bond acceptors (Lipinski definition) is 12. The molecule has 0 atom stereocenters. The Bertz CT molecular complexity index is 2090. The topological polar surface area (TPSA) is 190 Å². The lowest BCUT2D eigenvalue weighted by Gasteiger charge is -2.29. The molecule has 376 valence electrons. The molecular formula is C51H72N4O12Si2. The molecule has 0 heterocycles. The van der Waals surface area contributed by atoms with Gasteiger partial charge < -0.3 is 57.9 Å². The molecule has 0 fully saturated rings. The Labute approximate surface area is 409 Å². The quantitative estimate of drug-likeness (QED) is 0.0292. The van der Waals surface area contributed by atoms with Crippen molar-refractivity contribution in [2.24, 2.45) is 0 Å². The van der Waals surface area contributed by atoms with E-state index in [9.17, 15) is 19.2 Å². The van der Waals surface area contributed by atoms with Gasteiger partial charge in [-0.25, -0.2) is 0 Å². The van der Waals surface area contributed by atoms with Crippen molar-refractivity contribution in [3.8, 4) is 23.0 Å². The first-order valence-corrected chi connectivity index (χ1v) is 28.0. The van der Waals surface area contributed by atoms with Crippen molar-refractivity contribution in [3.63, 3.8) is 0 Å². The maximum atomic E-state index is 13.5. The van der Waals surface area contributed by atoms with Gasteiger partial charge in [-0.05, 0) is 124 Å². The molecule has 4 aromatic carbocycles. The van der Waals surface area contributed by atoms with Crippen molar-refractivity contribution in [3.05, 3.63) is 118 Å². The van der Waals surface area contributed by atoms with Gasteiger partial charge in [-0.1, -0.05) is 38.1 Å². The first-order chi connectivity index (χ1) is 33.2. The van der Waals surface area contributed by atoms with Gasteiger partial charge in [-0.15, -0.1) is 0 Å². The van der Waals surface area contributed by atoms with Crippen molar-refractivity contribution in [1.82, 2.24) is 21.3 Å². The van der Waals surface area contributed by atoms with E-state index in [1.807, 2.05) is 76.2 Å². The zero-order chi connectivity index (χ0) is 50.5. The van der Waals surface area contributed by atoms with Crippen molar-refractivity contribution >= 4 is 40.8 Å². The summed E-state index contributed by atoms with van der Waals surface area (Å²) in [6, 6.07) is 26.3. The number of nitrogens with one attached hydrogen (secondary N) is 4. The van der Waals surface area contributed by atoms with Crippen LogP contribution in [0.1, 0.15) is 107 Å². The van der Waals surface area contributed by atoms with Crippen LogP contribution in [-0.2, 0) is 32.6 Å². The molecule has 4 rings (SSSR count). The smallest absolute Gasteiger partial charge is 0.364 e. The van der Waals surface area contributed by atoms with Crippen LogP contribution < -0.4 is 30.7 Å². The van der Waals surface area contributed by atoms with Crippen molar-refractivity contribution in [2.45, 2.75) is 71.9 Å². The second kappa shape index (κ2) is 27.7. The molecule has 4 amide bonds. The number of benzene rings is 4. The summed E-state index contributed by atoms with van der Waals surface area (Å²) in [6.45, 7) is 14.7. The average Bonchev–Trinajstić information content (AvgIpc) is 3.34. The van der Waals surface area contributed by atoms with Crippen LogP contribution in [0.15, 0.2) is 84.9 Å². The Balaban J connectivity index is 1.43. The Morgan fingerprint density at radius 2 is 0.812 bits per heavy atom. The second-order valence-corrected chi connectivity index (χ2v) is 23.0. The van der Waals surface area contributed by atoms with Gasteiger partial charge in [0.1, 0.15) is 23.0 Å². The number of ether oxygens (including phenoxy) is 4. The third-order valence-corrected chi connectivity index (χ3v) is 18.4. The van der Waals surface area contributed by atoms with Gasteiger partial charge >= 0.3 is 17.1 Å². The Kier molecular flexibility index (Phi) is 22.5. The Hall–Kier alpha value is -5.45. The summed E-state index contributed by atoms with van der Waals surface area (Å²) < 4.78 is 47.4. The van der Waals surface area contributed by atoms with Gasteiger partial charge in [0.25, 0.3) is 23.6 Å². The predicted octanol–water partition coefficient (Wildman–Crippen LogP) is 7.96. The Morgan fingerprint density at radius 1 is 0.478 bits per heavy atom. The summed E-state index contributed by atoms with van der Waals surface area (Å²) in [4.78, 5) is 52.6. The van der Waals surface area contributed by atoms with Crippen LogP contribution in [0.2, 0.25) is 12.1 Å². The number of rotatable bonds is 30. The molecule has 16 nitrogen and oxygen atoms in total. The van der Waals surface area contributed by atoms with Gasteiger partial charge in [0.05, 0.1) is 34.7 Å². The summed E-state index contributed by atoms with van der Waals surface area (Å²) >= 11 is 0. The molecule has 0 radical (unpaired) electrons. The molecule has 4 aromatic rings. The van der Waals surface area contributed by atoms with E-state index >= 15 is 0 Å². The monoisotopic (exact) mass is 988 g/mol. The molecule has 0 saturated carbocycles. The van der Waals surface area contributed by atoms with E-state index < -0.39 is 46.2 Å². The summed E-state index contributed by atoms with van der Waals surface area (Å²) in [5.74, 6) is 0.305. The fourth-order valence-corrected chi connectivity index (χ4v) is 13.8. The second-order valence-electron chi connectivity index (χ2n) is 16.6. The lowest BCUT2D eigenvalue weighted by atomic mass is 9.78. The fourth-order valence-electron chi connectivity index (χ4n) is 8.02. The number of methoxy groups -OCH3 is 2. The third kappa shape index (κ3) is 15.8. The van der Waals surface area contributed by atoms with Crippen LogP contribution in [0.3, 0.4) is 0 Å². The molecular weight excluding hydrogens is 917 g/mol. The van der Waals surface area contributed by atoms with Crippen LogP contribution >= 0.6 is 0 Å². The number of amides is 4. The molecule has 0 saturated heterocycles. The number of carbonyl (C=O) groups excluding carboxylic acids is 4. The predicted molar refractivity (Wildman–Crippen MR) is 270 cm³/mol. The summed E-state index contributed by atoms with van der Waals surface area (Å²) in [5.41, 5.74) is 2.45. The van der Waals surface area contributed by atoms with E-state index in [0.29, 0.717) is 99.9 Å². The van der Waals surface area contributed by atoms with E-state index in [1.54, 1.807) is 50.6 Å². The third-order valence-electron chi connectivity index (χ3n) is 11.4. The van der Waals surface area contributed by atoms with Crippen molar-refractivity contribution in [2.75, 3.05) is 80.3 Å². The standard InChI is InChI=1S/C51H72N4O12Si2/c1-11-62-68(35-60-9,63-12-2)31-15-29-54-49(58)45-33-41(25-27-43(45)47(56)52-7)66-39-21-17-37(18-22-39)51(5,6)38-19-23-40(24-20-38)67-42-26-28-44(48(57)53-8)46(34-42)50(59)55-30-16-32-69(36-61-10,64-13-3)65-14-4/h17-28,33-34H,11-16,29-32,35-36H2,1-10H3,(H,52,56)(H,53,57)(H,54,58)(H,55,59). The molecule has 0 spiro atoms. The maximum Gasteiger partial charge on any atom is 0.364 e. The molecule has 0 aliphatic heterocycles. The van der Waals surface area contributed by atoms with E-state index in [0.717, 1.165) is 11.1 Å². The lowest BCUT2D eigenvalue weighted by Crippen LogP contribution is -2.47. The highest BCUT2D eigenvalue weighted by molar-refractivity contribution is 6.67. The molecule has 0 bridgehead atoms. The van der Waals surface area contributed by atoms with Gasteiger partial charge in [-0.2, -0.15) is 0 Å². The maximum absolute atomic E-state index is 13.5. The highest BCUT2D eigenvalue weighted by Crippen LogP contribution is 2.35. The minimum atomic E-state index is -2.60. The lowest BCUT2D eigenvalue weighted by molar-refractivity contribution is 0.0923. The van der Waals surface area contributed by atoms with Gasteiger partial charge in [-0.3, -0.25) is 19.2 Å². The van der Waals surface area contributed by atoms with Crippen LogP contribution in [0.25, 0.3) is 0 Å². The fraction of sp³-hybridized carbons (Fsp3) is 0.451. The first-order valence-electron chi connectivity index (χ1n) is 23.6. The first kappa shape index (κ1) is 56.1. The summed E-state index contributed by atoms with van der Waals surface area (Å²) in [7, 11) is 1.09. The van der Waals surface area contributed by atoms with Gasteiger partial charge in [0.2, 0.25) is 0 Å². The minimum absolute atomic E-state index is 0.188. The van der Waals surface area contributed by atoms with Crippen LogP contribution in [0, 0.1) is 0 Å². The number of hydrogen-bond donors (Lipinski definition) is 4. The molecule has 0 unspecified atom stereocenters. The summed E-state index contributed by atoms with van der Waals surface area (Å²) in [5, 5.41) is 11.1. The van der Waals surface area contributed by atoms with E-state index in [-0.39, 0.29) is 22.3 Å². The molecule has 0 aliphatic carbocycles. The SMILES string of the molecule is CCO[Si](CCCNC(=O)c1cc(Oc2ccc(C(C)(C)c3ccc(Oc4ccc(C(=O)NC)c(C(=O)NCCC[Si](COC)(OCC)OCC)c4)cc3)cc2)ccc1C(=O)NC)(COC)OCC. The molecule has 4 N–H and O–H groups in total. The van der Waals surface area contributed by atoms with Crippen LogP contribution in [0.5, 0.6) is 23.0 Å². The molecule has 0 aliphatic rings. The molecule has 18 heteroatoms. The normalized spacial score (nSPS) is 11.7. The van der Waals surface area contributed by atoms with Crippen LogP contribution in [-0.4, -0.2) is 121 Å². The van der Waals surface area contributed by atoms with E-state index in [1.165, 1.54) is 14.1 Å². The van der Waals surface area contributed by atoms with E-state index in [4.69, 9.17) is 36.7 Å².